The highest BCUT2D eigenvalue weighted by atomic mass is 35.5. The van der Waals surface area contributed by atoms with Crippen LogP contribution in [0.5, 0.6) is 5.75 Å². The summed E-state index contributed by atoms with van der Waals surface area (Å²) in [4.78, 5) is 22.2. The summed E-state index contributed by atoms with van der Waals surface area (Å²) in [7, 11) is 1.70. The van der Waals surface area contributed by atoms with Crippen LogP contribution in [0.2, 0.25) is 0 Å². The number of piperazine rings is 1. The van der Waals surface area contributed by atoms with Crippen LogP contribution < -0.4 is 10.5 Å². The van der Waals surface area contributed by atoms with E-state index in [9.17, 15) is 4.79 Å². The van der Waals surface area contributed by atoms with E-state index in [-0.39, 0.29) is 36.8 Å². The van der Waals surface area contributed by atoms with Crippen LogP contribution in [-0.2, 0) is 19.4 Å². The number of halogens is 2. The molecule has 0 bridgehead atoms. The van der Waals surface area contributed by atoms with Gasteiger partial charge in [-0.1, -0.05) is 56.3 Å². The molecule has 1 aromatic heterocycles. The first-order chi connectivity index (χ1) is 19.0. The topological polar surface area (TPSA) is 71.7 Å². The maximum Gasteiger partial charge on any atom is 0.248 e. The summed E-state index contributed by atoms with van der Waals surface area (Å²) in [6.45, 7) is 9.03. The lowest BCUT2D eigenvalue weighted by Crippen LogP contribution is -2.47. The maximum absolute atomic E-state index is 12.3. The lowest BCUT2D eigenvalue weighted by atomic mass is 9.85. The second kappa shape index (κ2) is 14.6. The number of carbonyl (C=O) groups excluding carboxylic acids is 1. The van der Waals surface area contributed by atoms with E-state index in [1.807, 2.05) is 30.5 Å². The van der Waals surface area contributed by atoms with Crippen molar-refractivity contribution in [3.05, 3.63) is 106 Å². The minimum atomic E-state index is -0.358. The molecule has 1 atom stereocenters. The molecule has 0 aliphatic carbocycles. The van der Waals surface area contributed by atoms with Gasteiger partial charge in [0, 0.05) is 55.4 Å². The van der Waals surface area contributed by atoms with E-state index < -0.39 is 0 Å². The predicted octanol–water partition coefficient (Wildman–Crippen LogP) is 6.22. The van der Waals surface area contributed by atoms with Gasteiger partial charge in [-0.05, 0) is 59.4 Å². The Balaban J connectivity index is 0.00000231. The van der Waals surface area contributed by atoms with Crippen molar-refractivity contribution in [1.82, 2.24) is 14.8 Å². The van der Waals surface area contributed by atoms with Crippen LogP contribution in [0.25, 0.3) is 10.9 Å². The molecule has 5 rings (SSSR count). The summed E-state index contributed by atoms with van der Waals surface area (Å²) in [6, 6.07) is 23.1. The number of rotatable bonds is 9. The first-order valence-corrected chi connectivity index (χ1v) is 13.9. The van der Waals surface area contributed by atoms with Crippen LogP contribution >= 0.6 is 24.8 Å². The monoisotopic (exact) mass is 594 g/mol. The van der Waals surface area contributed by atoms with Gasteiger partial charge in [0.2, 0.25) is 5.91 Å². The quantitative estimate of drug-likeness (QED) is 0.249. The molecule has 2 heterocycles. The number of hydrogen-bond donors (Lipinski definition) is 1. The van der Waals surface area contributed by atoms with E-state index >= 15 is 0 Å². The molecule has 218 valence electrons. The van der Waals surface area contributed by atoms with Gasteiger partial charge in [0.15, 0.2) is 0 Å². The highest BCUT2D eigenvalue weighted by Crippen LogP contribution is 2.37. The summed E-state index contributed by atoms with van der Waals surface area (Å²) in [6.07, 6.45) is 3.49. The van der Waals surface area contributed by atoms with Crippen LogP contribution in [0.4, 0.5) is 0 Å². The van der Waals surface area contributed by atoms with Crippen molar-refractivity contribution in [2.75, 3.05) is 33.3 Å². The number of methoxy groups -OCH3 is 1. The van der Waals surface area contributed by atoms with Gasteiger partial charge >= 0.3 is 0 Å². The number of carbonyl (C=O) groups is 1. The first-order valence-electron chi connectivity index (χ1n) is 13.9. The number of pyridine rings is 1. The van der Waals surface area contributed by atoms with Crippen LogP contribution in [0.3, 0.4) is 0 Å². The van der Waals surface area contributed by atoms with Crippen LogP contribution in [-0.4, -0.2) is 54.0 Å². The fraction of sp³-hybridized carbons (Fsp3) is 0.333. The lowest BCUT2D eigenvalue weighted by molar-refractivity contribution is 0.0998. The highest BCUT2D eigenvalue weighted by Gasteiger charge is 2.30. The number of fused-ring (bicyclic) bond motifs is 1. The molecule has 41 heavy (non-hydrogen) atoms. The fourth-order valence-electron chi connectivity index (χ4n) is 6.10. The van der Waals surface area contributed by atoms with Gasteiger partial charge in [-0.2, -0.15) is 0 Å². The Bertz CT molecular complexity index is 1450. The largest absolute Gasteiger partial charge is 0.497 e. The molecule has 1 saturated heterocycles. The second-order valence-corrected chi connectivity index (χ2v) is 10.2. The molecule has 4 aromatic rings. The highest BCUT2D eigenvalue weighted by molar-refractivity contribution is 5.95. The Kier molecular flexibility index (Phi) is 11.6. The van der Waals surface area contributed by atoms with Crippen molar-refractivity contribution in [2.24, 2.45) is 5.73 Å². The zero-order valence-electron chi connectivity index (χ0n) is 24.0. The number of primary amides is 1. The van der Waals surface area contributed by atoms with E-state index in [2.05, 4.69) is 66.1 Å². The molecule has 2 N–H and O–H groups in total. The molecule has 0 saturated carbocycles. The maximum atomic E-state index is 12.3. The Morgan fingerprint density at radius 3 is 2.20 bits per heavy atom. The third-order valence-electron chi connectivity index (χ3n) is 8.03. The first kappa shape index (κ1) is 32.4. The summed E-state index contributed by atoms with van der Waals surface area (Å²) >= 11 is 0. The average molecular weight is 596 g/mol. The minimum Gasteiger partial charge on any atom is -0.497 e. The van der Waals surface area contributed by atoms with Crippen molar-refractivity contribution in [1.29, 1.82) is 0 Å². The van der Waals surface area contributed by atoms with Crippen molar-refractivity contribution < 1.29 is 9.53 Å². The Hall–Kier alpha value is -3.16. The molecular formula is C33H40Cl2N4O2. The predicted molar refractivity (Wildman–Crippen MR) is 172 cm³/mol. The van der Waals surface area contributed by atoms with Crippen molar-refractivity contribution >= 4 is 41.6 Å². The Morgan fingerprint density at radius 1 is 0.878 bits per heavy atom. The van der Waals surface area contributed by atoms with Gasteiger partial charge in [-0.3, -0.25) is 19.6 Å². The SMILES string of the molecule is CCc1c(C(N)=O)ccc(C(c2cccc3cccnc23)N2CCN(Cc3ccc(OC)cc3)CC2)c1CC.Cl.Cl. The van der Waals surface area contributed by atoms with Crippen LogP contribution in [0, 0.1) is 0 Å². The molecule has 6 nitrogen and oxygen atoms in total. The fourth-order valence-corrected chi connectivity index (χ4v) is 6.10. The molecule has 8 heteroatoms. The summed E-state index contributed by atoms with van der Waals surface area (Å²) in [5.74, 6) is 0.527. The molecule has 1 aliphatic rings. The minimum absolute atomic E-state index is 0. The van der Waals surface area contributed by atoms with Gasteiger partial charge in [-0.25, -0.2) is 0 Å². The number of nitrogens with two attached hydrogens (primary N) is 1. The zero-order valence-corrected chi connectivity index (χ0v) is 25.6. The van der Waals surface area contributed by atoms with E-state index in [0.717, 1.165) is 67.8 Å². The van der Waals surface area contributed by atoms with Crippen molar-refractivity contribution in [2.45, 2.75) is 39.3 Å². The number of ether oxygens (including phenoxy) is 1. The van der Waals surface area contributed by atoms with E-state index in [4.69, 9.17) is 15.5 Å². The zero-order chi connectivity index (χ0) is 27.4. The number of para-hydroxylation sites is 1. The number of amides is 1. The van der Waals surface area contributed by atoms with Crippen molar-refractivity contribution in [3.63, 3.8) is 0 Å². The molecule has 1 aliphatic heterocycles. The number of benzene rings is 3. The summed E-state index contributed by atoms with van der Waals surface area (Å²) in [5.41, 5.74) is 13.5. The Labute approximate surface area is 255 Å². The smallest absolute Gasteiger partial charge is 0.248 e. The van der Waals surface area contributed by atoms with E-state index in [1.54, 1.807) is 7.11 Å². The molecule has 1 fully saturated rings. The molecule has 1 amide bonds. The number of aromatic nitrogens is 1. The van der Waals surface area contributed by atoms with Crippen LogP contribution in [0.1, 0.15) is 58.1 Å². The third kappa shape index (κ3) is 6.84. The van der Waals surface area contributed by atoms with Crippen molar-refractivity contribution in [3.8, 4) is 5.75 Å². The molecule has 0 radical (unpaired) electrons. The number of hydrogen-bond acceptors (Lipinski definition) is 5. The molecular weight excluding hydrogens is 555 g/mol. The normalized spacial score (nSPS) is 14.6. The Morgan fingerprint density at radius 2 is 1.56 bits per heavy atom. The lowest BCUT2D eigenvalue weighted by Gasteiger charge is -2.41. The molecule has 0 spiro atoms. The molecule has 3 aromatic carbocycles. The van der Waals surface area contributed by atoms with Gasteiger partial charge < -0.3 is 10.5 Å². The van der Waals surface area contributed by atoms with E-state index in [1.165, 1.54) is 22.3 Å². The third-order valence-corrected chi connectivity index (χ3v) is 8.03. The van der Waals surface area contributed by atoms with Gasteiger partial charge in [0.1, 0.15) is 5.75 Å². The standard InChI is InChI=1S/C33H38N4O2.2ClH/c1-4-26-27(5-2)29(33(34)38)16-15-28(26)32(30-10-6-8-24-9-7-17-35-31(24)30)37-20-18-36(19-21-37)22-23-11-13-25(39-3)14-12-23;;/h6-17,32H,4-5,18-22H2,1-3H3,(H2,34,38);2*1H. The van der Waals surface area contributed by atoms with Gasteiger partial charge in [0.25, 0.3) is 0 Å². The number of nitrogens with zero attached hydrogens (tertiary/aromatic N) is 3. The second-order valence-electron chi connectivity index (χ2n) is 10.2. The van der Waals surface area contributed by atoms with E-state index in [0.29, 0.717) is 5.56 Å². The van der Waals surface area contributed by atoms with Gasteiger partial charge in [-0.15, -0.1) is 24.8 Å². The van der Waals surface area contributed by atoms with Crippen LogP contribution in [0.15, 0.2) is 72.9 Å². The van der Waals surface area contributed by atoms with Gasteiger partial charge in [0.05, 0.1) is 18.7 Å². The average Bonchev–Trinajstić information content (AvgIpc) is 2.98. The molecule has 1 unspecified atom stereocenters. The summed E-state index contributed by atoms with van der Waals surface area (Å²) < 4.78 is 5.32. The summed E-state index contributed by atoms with van der Waals surface area (Å²) in [5, 5.41) is 1.14.